The average Bonchev–Trinajstić information content (AvgIpc) is 2.33. The first-order valence-corrected chi connectivity index (χ1v) is 6.80. The topological polar surface area (TPSA) is 28.2 Å². The molecule has 7 heteroatoms. The Hall–Kier alpha value is -0.820. The third-order valence-electron chi connectivity index (χ3n) is 2.55. The largest absolute Gasteiger partial charge is 0.419 e. The normalized spacial score (nSPS) is 11.7. The summed E-state index contributed by atoms with van der Waals surface area (Å²) in [6, 6.07) is 1.05. The van der Waals surface area contributed by atoms with Gasteiger partial charge >= 0.3 is 6.18 Å². The minimum atomic E-state index is -4.41. The van der Waals surface area contributed by atoms with Crippen molar-refractivity contribution < 1.29 is 13.2 Å². The van der Waals surface area contributed by atoms with Crippen LogP contribution in [-0.2, 0) is 6.18 Å². The summed E-state index contributed by atoms with van der Waals surface area (Å²) < 4.78 is 39.1. The summed E-state index contributed by atoms with van der Waals surface area (Å²) >= 11 is 3.02. The molecule has 19 heavy (non-hydrogen) atoms. The van der Waals surface area contributed by atoms with E-state index in [1.807, 2.05) is 6.92 Å². The lowest BCUT2D eigenvalue weighted by molar-refractivity contribution is -0.137. The van der Waals surface area contributed by atoms with Gasteiger partial charge in [0.05, 0.1) is 5.56 Å². The Labute approximate surface area is 119 Å². The number of alkyl halides is 3. The highest BCUT2D eigenvalue weighted by Gasteiger charge is 2.35. The third kappa shape index (κ3) is 4.99. The second-order valence-electron chi connectivity index (χ2n) is 4.19. The zero-order chi connectivity index (χ0) is 14.5. The van der Waals surface area contributed by atoms with Gasteiger partial charge in [-0.3, -0.25) is 0 Å². The monoisotopic (exact) mass is 339 g/mol. The van der Waals surface area contributed by atoms with Crippen LogP contribution in [-0.4, -0.2) is 31.7 Å². The van der Waals surface area contributed by atoms with Crippen molar-refractivity contribution in [2.45, 2.75) is 19.5 Å². The predicted molar refractivity (Wildman–Crippen MR) is 73.4 cm³/mol. The van der Waals surface area contributed by atoms with Gasteiger partial charge in [-0.1, -0.05) is 6.92 Å². The fourth-order valence-electron chi connectivity index (χ4n) is 1.60. The van der Waals surface area contributed by atoms with Gasteiger partial charge < -0.3 is 10.2 Å². The van der Waals surface area contributed by atoms with E-state index in [0.29, 0.717) is 17.6 Å². The number of likely N-dealkylation sites (N-methyl/N-ethyl adjacent to an activating group) is 1. The van der Waals surface area contributed by atoms with Crippen molar-refractivity contribution in [3.8, 4) is 0 Å². The van der Waals surface area contributed by atoms with Crippen LogP contribution in [0.4, 0.5) is 19.0 Å². The molecule has 0 saturated carbocycles. The lowest BCUT2D eigenvalue weighted by atomic mass is 10.2. The smallest absolute Gasteiger partial charge is 0.358 e. The van der Waals surface area contributed by atoms with Crippen molar-refractivity contribution in [1.29, 1.82) is 0 Å². The third-order valence-corrected chi connectivity index (χ3v) is 2.98. The first kappa shape index (κ1) is 16.2. The summed E-state index contributed by atoms with van der Waals surface area (Å²) in [6.07, 6.45) is -2.04. The molecule has 0 aliphatic rings. The Kier molecular flexibility index (Phi) is 6.06. The first-order chi connectivity index (χ1) is 8.86. The average molecular weight is 340 g/mol. The molecule has 108 valence electrons. The standard InChI is InChI=1S/C12H17BrF3N3/c1-3-4-17-5-6-19(2)11-10(12(14,15)16)7-9(13)8-18-11/h7-8,17H,3-6H2,1-2H3. The summed E-state index contributed by atoms with van der Waals surface area (Å²) in [5.41, 5.74) is -0.722. The lowest BCUT2D eigenvalue weighted by Crippen LogP contribution is -2.31. The molecular formula is C12H17BrF3N3. The van der Waals surface area contributed by atoms with Crippen LogP contribution in [0.1, 0.15) is 18.9 Å². The van der Waals surface area contributed by atoms with E-state index in [2.05, 4.69) is 26.2 Å². The van der Waals surface area contributed by atoms with Crippen molar-refractivity contribution in [3.63, 3.8) is 0 Å². The lowest BCUT2D eigenvalue weighted by Gasteiger charge is -2.22. The van der Waals surface area contributed by atoms with E-state index in [0.717, 1.165) is 19.0 Å². The molecule has 0 unspecified atom stereocenters. The summed E-state index contributed by atoms with van der Waals surface area (Å²) in [6.45, 7) is 3.99. The highest BCUT2D eigenvalue weighted by atomic mass is 79.9. The number of aromatic nitrogens is 1. The second-order valence-corrected chi connectivity index (χ2v) is 5.11. The van der Waals surface area contributed by atoms with E-state index in [9.17, 15) is 13.2 Å². The second kappa shape index (κ2) is 7.09. The Bertz CT molecular complexity index is 410. The molecule has 0 radical (unpaired) electrons. The molecule has 1 aromatic rings. The Balaban J connectivity index is 2.81. The minimum absolute atomic E-state index is 0.0472. The molecule has 0 aromatic carbocycles. The first-order valence-electron chi connectivity index (χ1n) is 6.01. The number of nitrogens with one attached hydrogen (secondary N) is 1. The van der Waals surface area contributed by atoms with E-state index in [1.165, 1.54) is 11.1 Å². The van der Waals surface area contributed by atoms with E-state index in [1.54, 1.807) is 7.05 Å². The van der Waals surface area contributed by atoms with Crippen molar-refractivity contribution in [2.24, 2.45) is 0 Å². The van der Waals surface area contributed by atoms with Gasteiger partial charge in [-0.15, -0.1) is 0 Å². The summed E-state index contributed by atoms with van der Waals surface area (Å²) in [4.78, 5) is 5.39. The number of anilines is 1. The molecule has 0 spiro atoms. The number of nitrogens with zero attached hydrogens (tertiary/aromatic N) is 2. The molecular weight excluding hydrogens is 323 g/mol. The minimum Gasteiger partial charge on any atom is -0.358 e. The molecule has 0 aliphatic carbocycles. The van der Waals surface area contributed by atoms with E-state index < -0.39 is 11.7 Å². The summed E-state index contributed by atoms with van der Waals surface area (Å²) in [5.74, 6) is -0.0472. The van der Waals surface area contributed by atoms with Crippen LogP contribution in [0.3, 0.4) is 0 Å². The van der Waals surface area contributed by atoms with Gasteiger partial charge in [-0.05, 0) is 35.0 Å². The molecule has 0 saturated heterocycles. The zero-order valence-corrected chi connectivity index (χ0v) is 12.5. The van der Waals surface area contributed by atoms with Crippen LogP contribution < -0.4 is 10.2 Å². The van der Waals surface area contributed by atoms with Crippen molar-refractivity contribution in [2.75, 3.05) is 31.6 Å². The summed E-state index contributed by atoms with van der Waals surface area (Å²) in [5, 5.41) is 3.15. The van der Waals surface area contributed by atoms with Gasteiger partial charge in [-0.2, -0.15) is 13.2 Å². The molecule has 0 atom stereocenters. The van der Waals surface area contributed by atoms with Crippen LogP contribution in [0.25, 0.3) is 0 Å². The fraction of sp³-hybridized carbons (Fsp3) is 0.583. The molecule has 0 fully saturated rings. The molecule has 0 amide bonds. The van der Waals surface area contributed by atoms with Crippen molar-refractivity contribution >= 4 is 21.7 Å². The van der Waals surface area contributed by atoms with Crippen LogP contribution in [0, 0.1) is 0 Å². The zero-order valence-electron chi connectivity index (χ0n) is 10.9. The maximum Gasteiger partial charge on any atom is 0.419 e. The Morgan fingerprint density at radius 3 is 2.63 bits per heavy atom. The van der Waals surface area contributed by atoms with Gasteiger partial charge in [0.25, 0.3) is 0 Å². The van der Waals surface area contributed by atoms with Crippen LogP contribution in [0.15, 0.2) is 16.7 Å². The summed E-state index contributed by atoms with van der Waals surface area (Å²) in [7, 11) is 1.61. The molecule has 1 aromatic heterocycles. The van der Waals surface area contributed by atoms with Gasteiger partial charge in [0.1, 0.15) is 5.82 Å². The van der Waals surface area contributed by atoms with Gasteiger partial charge in [0.15, 0.2) is 0 Å². The molecule has 1 N–H and O–H groups in total. The van der Waals surface area contributed by atoms with Gasteiger partial charge in [0, 0.05) is 30.8 Å². The number of halogens is 4. The van der Waals surface area contributed by atoms with Crippen molar-refractivity contribution in [3.05, 3.63) is 22.3 Å². The van der Waals surface area contributed by atoms with E-state index in [4.69, 9.17) is 0 Å². The molecule has 0 bridgehead atoms. The SMILES string of the molecule is CCCNCCN(C)c1ncc(Br)cc1C(F)(F)F. The fourth-order valence-corrected chi connectivity index (χ4v) is 1.93. The van der Waals surface area contributed by atoms with E-state index in [-0.39, 0.29) is 5.82 Å². The maximum atomic E-state index is 12.9. The van der Waals surface area contributed by atoms with Crippen LogP contribution >= 0.6 is 15.9 Å². The molecule has 1 rings (SSSR count). The molecule has 0 aliphatic heterocycles. The highest BCUT2D eigenvalue weighted by molar-refractivity contribution is 9.10. The van der Waals surface area contributed by atoms with Crippen molar-refractivity contribution in [1.82, 2.24) is 10.3 Å². The predicted octanol–water partition coefficient (Wildman–Crippen LogP) is 3.30. The van der Waals surface area contributed by atoms with Crippen LogP contribution in [0.5, 0.6) is 0 Å². The molecule has 1 heterocycles. The van der Waals surface area contributed by atoms with Gasteiger partial charge in [0.2, 0.25) is 0 Å². The Morgan fingerprint density at radius 2 is 2.05 bits per heavy atom. The Morgan fingerprint density at radius 1 is 1.37 bits per heavy atom. The highest BCUT2D eigenvalue weighted by Crippen LogP contribution is 2.36. The quantitative estimate of drug-likeness (QED) is 0.806. The molecule has 3 nitrogen and oxygen atoms in total. The maximum absolute atomic E-state index is 12.9. The number of hydrogen-bond donors (Lipinski definition) is 1. The number of hydrogen-bond acceptors (Lipinski definition) is 3. The number of rotatable bonds is 6. The van der Waals surface area contributed by atoms with Crippen LogP contribution in [0.2, 0.25) is 0 Å². The van der Waals surface area contributed by atoms with Gasteiger partial charge in [-0.25, -0.2) is 4.98 Å². The van der Waals surface area contributed by atoms with E-state index >= 15 is 0 Å². The number of pyridine rings is 1.